The number of aryl methyl sites for hydroxylation is 1. The highest BCUT2D eigenvalue weighted by Crippen LogP contribution is 2.27. The Balaban J connectivity index is 1.69. The minimum absolute atomic E-state index is 0.0535. The van der Waals surface area contributed by atoms with E-state index in [9.17, 15) is 23.9 Å². The van der Waals surface area contributed by atoms with E-state index in [1.807, 2.05) is 7.05 Å². The van der Waals surface area contributed by atoms with E-state index in [0.717, 1.165) is 19.2 Å². The van der Waals surface area contributed by atoms with E-state index < -0.39 is 23.4 Å². The zero-order valence-corrected chi connectivity index (χ0v) is 20.7. The third-order valence-electron chi connectivity index (χ3n) is 6.50. The van der Waals surface area contributed by atoms with Crippen molar-refractivity contribution in [3.8, 4) is 5.75 Å². The van der Waals surface area contributed by atoms with E-state index in [4.69, 9.17) is 4.74 Å². The summed E-state index contributed by atoms with van der Waals surface area (Å²) in [5, 5.41) is 10.7. The molecule has 0 atom stereocenters. The number of halogens is 1. The number of benzene rings is 3. The second kappa shape index (κ2) is 11.3. The van der Waals surface area contributed by atoms with E-state index in [-0.39, 0.29) is 39.7 Å². The summed E-state index contributed by atoms with van der Waals surface area (Å²) in [7, 11) is 1.99. The lowest BCUT2D eigenvalue weighted by Crippen LogP contribution is -2.31. The molecule has 1 fully saturated rings. The fourth-order valence-electron chi connectivity index (χ4n) is 4.28. The van der Waals surface area contributed by atoms with Crippen LogP contribution in [0.2, 0.25) is 0 Å². The van der Waals surface area contributed by atoms with Gasteiger partial charge in [0.1, 0.15) is 11.6 Å². The van der Waals surface area contributed by atoms with Crippen LogP contribution in [0, 0.1) is 18.7 Å². The number of piperidine rings is 1. The van der Waals surface area contributed by atoms with Gasteiger partial charge in [-0.05, 0) is 87.9 Å². The van der Waals surface area contributed by atoms with Gasteiger partial charge in [0.2, 0.25) is 0 Å². The molecule has 1 aliphatic heterocycles. The number of rotatable bonds is 7. The van der Waals surface area contributed by atoms with E-state index >= 15 is 0 Å². The zero-order valence-electron chi connectivity index (χ0n) is 20.7. The average molecular weight is 502 g/mol. The summed E-state index contributed by atoms with van der Waals surface area (Å²) >= 11 is 0. The average Bonchev–Trinajstić information content (AvgIpc) is 2.89. The molecule has 0 radical (unpaired) electrons. The van der Waals surface area contributed by atoms with Crippen molar-refractivity contribution in [2.45, 2.75) is 19.8 Å². The Morgan fingerprint density at radius 1 is 0.946 bits per heavy atom. The van der Waals surface area contributed by atoms with E-state index in [1.165, 1.54) is 30.3 Å². The van der Waals surface area contributed by atoms with Gasteiger partial charge in [-0.25, -0.2) is 9.18 Å². The first-order valence-electron chi connectivity index (χ1n) is 12.1. The minimum Gasteiger partial charge on any atom is -0.512 e. The second-order valence-corrected chi connectivity index (χ2v) is 9.29. The van der Waals surface area contributed by atoms with Gasteiger partial charge < -0.3 is 14.7 Å². The molecule has 1 aliphatic rings. The molecule has 37 heavy (non-hydrogen) atoms. The Morgan fingerprint density at radius 3 is 2.32 bits per heavy atom. The third-order valence-corrected chi connectivity index (χ3v) is 6.50. The number of carbonyl (C=O) groups excluding carboxylic acids is 3. The summed E-state index contributed by atoms with van der Waals surface area (Å²) in [5.41, 5.74) is 0.790. The predicted octanol–water partition coefficient (Wildman–Crippen LogP) is 5.55. The second-order valence-electron chi connectivity index (χ2n) is 9.29. The summed E-state index contributed by atoms with van der Waals surface area (Å²) in [6.45, 7) is 3.30. The largest absolute Gasteiger partial charge is 0.512 e. The molecular formula is C30H28FNO5. The summed E-state index contributed by atoms with van der Waals surface area (Å²) in [4.78, 5) is 41.2. The Kier molecular flexibility index (Phi) is 7.94. The van der Waals surface area contributed by atoms with Crippen molar-refractivity contribution < 1.29 is 28.6 Å². The first-order chi connectivity index (χ1) is 17.7. The molecule has 0 spiro atoms. The molecule has 0 aliphatic carbocycles. The number of nitrogens with zero attached hydrogens (tertiary/aromatic N) is 1. The van der Waals surface area contributed by atoms with Crippen molar-refractivity contribution in [2.24, 2.45) is 5.92 Å². The molecule has 3 aromatic carbocycles. The van der Waals surface area contributed by atoms with Gasteiger partial charge in [-0.3, -0.25) is 9.59 Å². The number of ketones is 2. The van der Waals surface area contributed by atoms with Crippen LogP contribution in [-0.2, 0) is 0 Å². The van der Waals surface area contributed by atoms with Crippen molar-refractivity contribution in [3.63, 3.8) is 0 Å². The normalized spacial score (nSPS) is 14.8. The number of likely N-dealkylation sites (tertiary alicyclic amines) is 1. The van der Waals surface area contributed by atoms with Gasteiger partial charge in [0.15, 0.2) is 11.6 Å². The maximum atomic E-state index is 14.5. The lowest BCUT2D eigenvalue weighted by Gasteiger charge is -2.28. The molecule has 6 nitrogen and oxygen atoms in total. The Hall–Kier alpha value is -4.10. The van der Waals surface area contributed by atoms with Gasteiger partial charge in [-0.2, -0.15) is 0 Å². The number of ether oxygens (including phenoxy) is 1. The molecule has 190 valence electrons. The number of aliphatic hydroxyl groups is 1. The SMILES string of the molecule is Cc1ccc(C(=O)c2ccc(OC(=O)c3ccccc3)c(C(=O)C=C(O)C3CCN(C)CC3)c2)c(F)c1. The number of hydrogen-bond acceptors (Lipinski definition) is 6. The lowest BCUT2D eigenvalue weighted by molar-refractivity contribution is 0.0733. The molecule has 3 aromatic rings. The minimum atomic E-state index is -0.679. The third kappa shape index (κ3) is 6.19. The van der Waals surface area contributed by atoms with Crippen molar-refractivity contribution in [3.05, 3.63) is 112 Å². The van der Waals surface area contributed by atoms with Crippen LogP contribution in [0.15, 0.2) is 78.6 Å². The first kappa shape index (κ1) is 26.0. The molecule has 0 aromatic heterocycles. The van der Waals surface area contributed by atoms with Gasteiger partial charge in [-0.15, -0.1) is 0 Å². The zero-order chi connectivity index (χ0) is 26.5. The topological polar surface area (TPSA) is 83.9 Å². The monoisotopic (exact) mass is 501 g/mol. The molecular weight excluding hydrogens is 473 g/mol. The Morgan fingerprint density at radius 2 is 1.65 bits per heavy atom. The maximum Gasteiger partial charge on any atom is 0.343 e. The number of esters is 1. The van der Waals surface area contributed by atoms with Crippen LogP contribution < -0.4 is 4.74 Å². The van der Waals surface area contributed by atoms with Crippen molar-refractivity contribution >= 4 is 17.5 Å². The standard InChI is InChI=1S/C30H28FNO5/c1-19-8-10-23(25(31)16-19)29(35)22-9-11-28(37-30(36)21-6-4-3-5-7-21)24(17-22)27(34)18-26(33)20-12-14-32(2)15-13-20/h3-11,16-18,20,33H,12-15H2,1-2H3. The summed E-state index contributed by atoms with van der Waals surface area (Å²) in [6.07, 6.45) is 2.52. The van der Waals surface area contributed by atoms with E-state index in [1.54, 1.807) is 43.3 Å². The number of allylic oxidation sites excluding steroid dienone is 2. The number of hydrogen-bond donors (Lipinski definition) is 1. The van der Waals surface area contributed by atoms with Crippen LogP contribution in [0.4, 0.5) is 4.39 Å². The fraction of sp³-hybridized carbons (Fsp3) is 0.233. The van der Waals surface area contributed by atoms with Gasteiger partial charge in [-0.1, -0.05) is 24.3 Å². The Bertz CT molecular complexity index is 1360. The van der Waals surface area contributed by atoms with Gasteiger partial charge >= 0.3 is 5.97 Å². The molecule has 0 bridgehead atoms. The summed E-state index contributed by atoms with van der Waals surface area (Å²) in [5.74, 6) is -2.87. The van der Waals surface area contributed by atoms with Crippen molar-refractivity contribution in [1.29, 1.82) is 0 Å². The highest BCUT2D eigenvalue weighted by molar-refractivity contribution is 6.13. The van der Waals surface area contributed by atoms with Crippen LogP contribution in [0.1, 0.15) is 55.0 Å². The molecule has 0 unspecified atom stereocenters. The molecule has 4 rings (SSSR count). The highest BCUT2D eigenvalue weighted by atomic mass is 19.1. The van der Waals surface area contributed by atoms with Gasteiger partial charge in [0.25, 0.3) is 0 Å². The number of aliphatic hydroxyl groups excluding tert-OH is 1. The smallest absolute Gasteiger partial charge is 0.343 e. The van der Waals surface area contributed by atoms with Crippen molar-refractivity contribution in [1.82, 2.24) is 4.90 Å². The summed E-state index contributed by atoms with van der Waals surface area (Å²) < 4.78 is 20.0. The molecule has 1 N–H and O–H groups in total. The summed E-state index contributed by atoms with van der Waals surface area (Å²) in [6, 6.07) is 16.6. The Labute approximate surface area is 215 Å². The lowest BCUT2D eigenvalue weighted by atomic mass is 9.93. The highest BCUT2D eigenvalue weighted by Gasteiger charge is 2.24. The molecule has 0 saturated carbocycles. The van der Waals surface area contributed by atoms with Gasteiger partial charge in [0.05, 0.1) is 22.4 Å². The van der Waals surface area contributed by atoms with E-state index in [2.05, 4.69) is 4.90 Å². The molecule has 0 amide bonds. The fourth-order valence-corrected chi connectivity index (χ4v) is 4.28. The molecule has 1 heterocycles. The predicted molar refractivity (Wildman–Crippen MR) is 138 cm³/mol. The van der Waals surface area contributed by atoms with Crippen LogP contribution in [0.5, 0.6) is 5.75 Å². The van der Waals surface area contributed by atoms with Crippen LogP contribution in [-0.4, -0.2) is 47.7 Å². The van der Waals surface area contributed by atoms with Gasteiger partial charge in [0, 0.05) is 17.6 Å². The molecule has 1 saturated heterocycles. The van der Waals surface area contributed by atoms with Crippen LogP contribution >= 0.6 is 0 Å². The quantitative estimate of drug-likeness (QED) is 0.150. The van der Waals surface area contributed by atoms with Crippen LogP contribution in [0.25, 0.3) is 0 Å². The first-order valence-corrected chi connectivity index (χ1v) is 12.1. The van der Waals surface area contributed by atoms with E-state index in [0.29, 0.717) is 18.4 Å². The van der Waals surface area contributed by atoms with Crippen LogP contribution in [0.3, 0.4) is 0 Å². The number of carbonyl (C=O) groups is 3. The molecule has 7 heteroatoms. The van der Waals surface area contributed by atoms with Crippen molar-refractivity contribution in [2.75, 3.05) is 20.1 Å². The maximum absolute atomic E-state index is 14.5.